The second kappa shape index (κ2) is 4.45. The van der Waals surface area contributed by atoms with Crippen LogP contribution in [0.25, 0.3) is 0 Å². The number of aromatic nitrogens is 4. The molecule has 4 rings (SSSR count). The fourth-order valence-corrected chi connectivity index (χ4v) is 2.16. The monoisotopic (exact) mass is 259 g/mol. The third-order valence-electron chi connectivity index (χ3n) is 3.66. The van der Waals surface area contributed by atoms with E-state index in [4.69, 9.17) is 4.52 Å². The molecule has 0 spiro atoms. The van der Waals surface area contributed by atoms with Gasteiger partial charge in [0.15, 0.2) is 5.82 Å². The largest absolute Gasteiger partial charge is 0.337 e. The summed E-state index contributed by atoms with van der Waals surface area (Å²) in [5.41, 5.74) is 0. The maximum absolute atomic E-state index is 5.30. The lowest BCUT2D eigenvalue weighted by Crippen LogP contribution is -2.19. The van der Waals surface area contributed by atoms with Crippen molar-refractivity contribution in [1.29, 1.82) is 0 Å². The molecular weight excluding hydrogens is 242 g/mol. The van der Waals surface area contributed by atoms with Crippen LogP contribution in [0.5, 0.6) is 0 Å². The molecular formula is C13H17N5O. The van der Waals surface area contributed by atoms with Gasteiger partial charge >= 0.3 is 0 Å². The standard InChI is InChI=1S/C13H17N5O/c1-2-9(1)13-16-12(19-17-13)8-18-6-5-14-11(18)7-15-10-3-4-10/h5-6,9-10,15H,1-4,7-8H2. The smallest absolute Gasteiger partial charge is 0.246 e. The lowest BCUT2D eigenvalue weighted by atomic mass is 10.4. The van der Waals surface area contributed by atoms with Crippen molar-refractivity contribution in [2.24, 2.45) is 0 Å². The van der Waals surface area contributed by atoms with Crippen LogP contribution in [-0.2, 0) is 13.1 Å². The van der Waals surface area contributed by atoms with Gasteiger partial charge in [-0.3, -0.25) is 0 Å². The van der Waals surface area contributed by atoms with Gasteiger partial charge in [0.2, 0.25) is 5.89 Å². The highest BCUT2D eigenvalue weighted by molar-refractivity contribution is 5.04. The van der Waals surface area contributed by atoms with Gasteiger partial charge in [-0.1, -0.05) is 5.16 Å². The van der Waals surface area contributed by atoms with Crippen LogP contribution in [0, 0.1) is 0 Å². The molecule has 2 heterocycles. The van der Waals surface area contributed by atoms with Crippen LogP contribution in [0.4, 0.5) is 0 Å². The molecule has 1 N–H and O–H groups in total. The number of nitrogens with zero attached hydrogens (tertiary/aromatic N) is 4. The topological polar surface area (TPSA) is 68.8 Å². The zero-order chi connectivity index (χ0) is 12.7. The molecule has 2 aliphatic rings. The minimum Gasteiger partial charge on any atom is -0.337 e. The van der Waals surface area contributed by atoms with Gasteiger partial charge < -0.3 is 14.4 Å². The van der Waals surface area contributed by atoms with Crippen LogP contribution >= 0.6 is 0 Å². The van der Waals surface area contributed by atoms with E-state index in [1.54, 1.807) is 0 Å². The molecule has 0 bridgehead atoms. The van der Waals surface area contributed by atoms with Crippen LogP contribution in [0.1, 0.15) is 49.1 Å². The Hall–Kier alpha value is -1.69. The zero-order valence-corrected chi connectivity index (χ0v) is 10.7. The molecule has 0 atom stereocenters. The third kappa shape index (κ3) is 2.53. The summed E-state index contributed by atoms with van der Waals surface area (Å²) in [6.07, 6.45) is 8.75. The first kappa shape index (κ1) is 11.2. The minimum atomic E-state index is 0.538. The van der Waals surface area contributed by atoms with Crippen LogP contribution in [0.2, 0.25) is 0 Å². The molecule has 6 heteroatoms. The van der Waals surface area contributed by atoms with Crippen molar-refractivity contribution in [3.63, 3.8) is 0 Å². The molecule has 0 aromatic carbocycles. The van der Waals surface area contributed by atoms with E-state index in [2.05, 4.69) is 25.0 Å². The Bertz CT molecular complexity index is 567. The third-order valence-corrected chi connectivity index (χ3v) is 3.66. The van der Waals surface area contributed by atoms with E-state index in [9.17, 15) is 0 Å². The second-order valence-corrected chi connectivity index (χ2v) is 5.45. The molecule has 2 aliphatic carbocycles. The molecule has 100 valence electrons. The van der Waals surface area contributed by atoms with Gasteiger partial charge in [-0.05, 0) is 25.7 Å². The molecule has 0 saturated heterocycles. The van der Waals surface area contributed by atoms with E-state index in [-0.39, 0.29) is 0 Å². The first-order valence-corrected chi connectivity index (χ1v) is 6.94. The summed E-state index contributed by atoms with van der Waals surface area (Å²) in [4.78, 5) is 8.83. The molecule has 2 fully saturated rings. The molecule has 2 aromatic heterocycles. The molecule has 6 nitrogen and oxygen atoms in total. The maximum atomic E-state index is 5.30. The molecule has 0 amide bonds. The van der Waals surface area contributed by atoms with Crippen LogP contribution in [0.15, 0.2) is 16.9 Å². The molecule has 0 aliphatic heterocycles. The lowest BCUT2D eigenvalue weighted by Gasteiger charge is -2.05. The Balaban J connectivity index is 1.43. The SMILES string of the molecule is c1cn(Cc2nc(C3CC3)no2)c(CNC2CC2)n1. The van der Waals surface area contributed by atoms with Gasteiger partial charge in [-0.15, -0.1) is 0 Å². The summed E-state index contributed by atoms with van der Waals surface area (Å²) >= 11 is 0. The summed E-state index contributed by atoms with van der Waals surface area (Å²) < 4.78 is 7.37. The maximum Gasteiger partial charge on any atom is 0.246 e. The highest BCUT2D eigenvalue weighted by Gasteiger charge is 2.28. The molecule has 2 aromatic rings. The fraction of sp³-hybridized carbons (Fsp3) is 0.615. The Morgan fingerprint density at radius 1 is 1.32 bits per heavy atom. The zero-order valence-electron chi connectivity index (χ0n) is 10.7. The Labute approximate surface area is 111 Å². The highest BCUT2D eigenvalue weighted by Crippen LogP contribution is 2.38. The molecule has 2 saturated carbocycles. The van der Waals surface area contributed by atoms with Gasteiger partial charge in [0.05, 0.1) is 6.54 Å². The Morgan fingerprint density at radius 3 is 3.00 bits per heavy atom. The number of rotatable bonds is 6. The van der Waals surface area contributed by atoms with E-state index in [0.717, 1.165) is 18.2 Å². The first-order chi connectivity index (χ1) is 9.38. The summed E-state index contributed by atoms with van der Waals surface area (Å²) in [5, 5.41) is 7.51. The van der Waals surface area contributed by atoms with E-state index in [1.165, 1.54) is 25.7 Å². The van der Waals surface area contributed by atoms with Crippen molar-refractivity contribution >= 4 is 0 Å². The van der Waals surface area contributed by atoms with Gasteiger partial charge in [0.1, 0.15) is 12.4 Å². The average Bonchev–Trinajstić information content (AvgIpc) is 3.34. The van der Waals surface area contributed by atoms with Crippen molar-refractivity contribution in [2.45, 2.75) is 50.7 Å². The summed E-state index contributed by atoms with van der Waals surface area (Å²) in [5.74, 6) is 3.11. The predicted molar refractivity (Wildman–Crippen MR) is 67.5 cm³/mol. The van der Waals surface area contributed by atoms with Crippen LogP contribution in [0.3, 0.4) is 0 Å². The van der Waals surface area contributed by atoms with Gasteiger partial charge in [-0.25, -0.2) is 4.98 Å². The highest BCUT2D eigenvalue weighted by atomic mass is 16.5. The number of hydrogen-bond acceptors (Lipinski definition) is 5. The normalized spacial score (nSPS) is 18.9. The van der Waals surface area contributed by atoms with E-state index in [0.29, 0.717) is 24.4 Å². The minimum absolute atomic E-state index is 0.538. The quantitative estimate of drug-likeness (QED) is 0.850. The van der Waals surface area contributed by atoms with E-state index < -0.39 is 0 Å². The number of hydrogen-bond donors (Lipinski definition) is 1. The molecule has 0 radical (unpaired) electrons. The lowest BCUT2D eigenvalue weighted by molar-refractivity contribution is 0.364. The van der Waals surface area contributed by atoms with Crippen molar-refractivity contribution < 1.29 is 4.52 Å². The van der Waals surface area contributed by atoms with Crippen molar-refractivity contribution in [3.8, 4) is 0 Å². The van der Waals surface area contributed by atoms with Gasteiger partial charge in [0.25, 0.3) is 0 Å². The first-order valence-electron chi connectivity index (χ1n) is 6.94. The molecule has 19 heavy (non-hydrogen) atoms. The predicted octanol–water partition coefficient (Wildman–Crippen LogP) is 1.44. The van der Waals surface area contributed by atoms with E-state index >= 15 is 0 Å². The van der Waals surface area contributed by atoms with E-state index in [1.807, 2.05) is 12.4 Å². The van der Waals surface area contributed by atoms with Crippen LogP contribution < -0.4 is 5.32 Å². The van der Waals surface area contributed by atoms with Gasteiger partial charge in [-0.2, -0.15) is 4.98 Å². The fourth-order valence-electron chi connectivity index (χ4n) is 2.16. The Morgan fingerprint density at radius 2 is 2.21 bits per heavy atom. The molecule has 0 unspecified atom stereocenters. The number of nitrogens with one attached hydrogen (secondary N) is 1. The van der Waals surface area contributed by atoms with Crippen molar-refractivity contribution in [2.75, 3.05) is 0 Å². The number of imidazole rings is 1. The van der Waals surface area contributed by atoms with Crippen molar-refractivity contribution in [3.05, 3.63) is 29.9 Å². The second-order valence-electron chi connectivity index (χ2n) is 5.45. The van der Waals surface area contributed by atoms with Crippen molar-refractivity contribution in [1.82, 2.24) is 25.0 Å². The van der Waals surface area contributed by atoms with Crippen LogP contribution in [-0.4, -0.2) is 25.7 Å². The average molecular weight is 259 g/mol. The Kier molecular flexibility index (Phi) is 2.61. The summed E-state index contributed by atoms with van der Waals surface area (Å²) in [7, 11) is 0. The van der Waals surface area contributed by atoms with Gasteiger partial charge in [0, 0.05) is 24.4 Å². The summed E-state index contributed by atoms with van der Waals surface area (Å²) in [6, 6.07) is 0.690. The summed E-state index contributed by atoms with van der Waals surface area (Å²) in [6.45, 7) is 1.42.